The number of hydrogen-bond acceptors (Lipinski definition) is 4. The van der Waals surface area contributed by atoms with Crippen LogP contribution in [-0.4, -0.2) is 25.3 Å². The Morgan fingerprint density at radius 3 is 2.52 bits per heavy atom. The van der Waals surface area contributed by atoms with Crippen LogP contribution >= 0.6 is 15.9 Å². The molecule has 0 amide bonds. The highest BCUT2D eigenvalue weighted by atomic mass is 79.9. The van der Waals surface area contributed by atoms with E-state index in [1.807, 2.05) is 18.2 Å². The first-order valence-corrected chi connectivity index (χ1v) is 10.9. The number of carbonyl (C=O) groups is 1. The lowest BCUT2D eigenvalue weighted by Crippen LogP contribution is -2.35. The van der Waals surface area contributed by atoms with Gasteiger partial charge in [-0.15, -0.1) is 0 Å². The average Bonchev–Trinajstić information content (AvgIpc) is 3.35. The predicted octanol–water partition coefficient (Wildman–Crippen LogP) is 5.46. The maximum absolute atomic E-state index is 11.5. The topological polar surface area (TPSA) is 67.8 Å². The van der Waals surface area contributed by atoms with E-state index in [4.69, 9.17) is 9.47 Å². The van der Waals surface area contributed by atoms with Crippen molar-refractivity contribution in [1.82, 2.24) is 0 Å². The van der Waals surface area contributed by atoms with Gasteiger partial charge in [0.05, 0.1) is 25.8 Å². The fourth-order valence-corrected chi connectivity index (χ4v) is 6.61. The standard InChI is InChI=1S/C23H24BrNO4/c1-28-18-9-14(16(24)10-19(18)29-2)22-21-12-4-3-11(7-12)20(21)15-8-13(23(26)27)5-6-17(15)25-22/h5-6,8-12,20-22,25H,3-4,7H2,1-2H3,(H,26,27)/t11-,12-,20+,21-,22-/m0/s1. The zero-order valence-corrected chi connectivity index (χ0v) is 18.0. The Balaban J connectivity index is 1.63. The molecular weight excluding hydrogens is 434 g/mol. The molecule has 2 N–H and O–H groups in total. The van der Waals surface area contributed by atoms with Crippen LogP contribution in [0.3, 0.4) is 0 Å². The van der Waals surface area contributed by atoms with Gasteiger partial charge in [0.15, 0.2) is 11.5 Å². The van der Waals surface area contributed by atoms with Gasteiger partial charge in [-0.25, -0.2) is 4.79 Å². The van der Waals surface area contributed by atoms with E-state index in [0.29, 0.717) is 35.0 Å². The molecule has 0 spiro atoms. The third-order valence-electron chi connectivity index (χ3n) is 7.17. The number of halogens is 1. The first kappa shape index (κ1) is 18.8. The summed E-state index contributed by atoms with van der Waals surface area (Å²) in [7, 11) is 3.30. The molecule has 0 radical (unpaired) electrons. The molecular formula is C23H24BrNO4. The van der Waals surface area contributed by atoms with Gasteiger partial charge in [0.1, 0.15) is 0 Å². The van der Waals surface area contributed by atoms with E-state index in [0.717, 1.165) is 21.5 Å². The zero-order valence-electron chi connectivity index (χ0n) is 16.4. The van der Waals surface area contributed by atoms with Crippen LogP contribution in [0.15, 0.2) is 34.8 Å². The number of carboxylic acids is 1. The lowest BCUT2D eigenvalue weighted by atomic mass is 9.68. The van der Waals surface area contributed by atoms with Crippen LogP contribution in [0.1, 0.15) is 52.7 Å². The van der Waals surface area contributed by atoms with Crippen molar-refractivity contribution in [1.29, 1.82) is 0 Å². The molecule has 2 fully saturated rings. The Labute approximate surface area is 178 Å². The van der Waals surface area contributed by atoms with Crippen LogP contribution in [0.5, 0.6) is 11.5 Å². The minimum absolute atomic E-state index is 0.146. The normalized spacial score (nSPS) is 29.0. The van der Waals surface area contributed by atoms with Gasteiger partial charge < -0.3 is 19.9 Å². The number of rotatable bonds is 4. The Kier molecular flexibility index (Phi) is 4.50. The van der Waals surface area contributed by atoms with E-state index in [1.54, 1.807) is 20.3 Å². The van der Waals surface area contributed by atoms with Crippen LogP contribution in [0.2, 0.25) is 0 Å². The second-order valence-corrected chi connectivity index (χ2v) is 9.25. The summed E-state index contributed by atoms with van der Waals surface area (Å²) in [5.74, 6) is 2.70. The minimum Gasteiger partial charge on any atom is -0.493 e. The first-order chi connectivity index (χ1) is 14.0. The van der Waals surface area contributed by atoms with Crippen molar-refractivity contribution < 1.29 is 19.4 Å². The molecule has 5 atom stereocenters. The van der Waals surface area contributed by atoms with Crippen LogP contribution in [0.4, 0.5) is 5.69 Å². The maximum Gasteiger partial charge on any atom is 0.335 e. The van der Waals surface area contributed by atoms with Crippen LogP contribution in [0.25, 0.3) is 0 Å². The largest absolute Gasteiger partial charge is 0.493 e. The first-order valence-electron chi connectivity index (χ1n) is 10.1. The van der Waals surface area contributed by atoms with Gasteiger partial charge >= 0.3 is 5.97 Å². The fraction of sp³-hybridized carbons (Fsp3) is 0.435. The molecule has 2 aliphatic carbocycles. The maximum atomic E-state index is 11.5. The molecule has 152 valence electrons. The quantitative estimate of drug-likeness (QED) is 0.637. The van der Waals surface area contributed by atoms with Crippen molar-refractivity contribution in [2.45, 2.75) is 31.2 Å². The molecule has 3 aliphatic rings. The van der Waals surface area contributed by atoms with Crippen molar-refractivity contribution in [2.24, 2.45) is 17.8 Å². The Bertz CT molecular complexity index is 991. The molecule has 1 heterocycles. The van der Waals surface area contributed by atoms with Gasteiger partial charge in [0.2, 0.25) is 0 Å². The van der Waals surface area contributed by atoms with Gasteiger partial charge in [0, 0.05) is 10.2 Å². The van der Waals surface area contributed by atoms with Gasteiger partial charge in [-0.2, -0.15) is 0 Å². The lowest BCUT2D eigenvalue weighted by Gasteiger charge is -2.44. The molecule has 2 bridgehead atoms. The molecule has 5 nitrogen and oxygen atoms in total. The number of anilines is 1. The summed E-state index contributed by atoms with van der Waals surface area (Å²) in [5, 5.41) is 13.2. The monoisotopic (exact) mass is 457 g/mol. The molecule has 0 saturated heterocycles. The summed E-state index contributed by atoms with van der Waals surface area (Å²) < 4.78 is 12.0. The minimum atomic E-state index is -0.864. The molecule has 6 heteroatoms. The van der Waals surface area contributed by atoms with Crippen molar-refractivity contribution in [3.05, 3.63) is 51.5 Å². The second-order valence-electron chi connectivity index (χ2n) is 8.39. The molecule has 0 aromatic heterocycles. The van der Waals surface area contributed by atoms with Crippen LogP contribution in [0, 0.1) is 17.8 Å². The smallest absolute Gasteiger partial charge is 0.335 e. The van der Waals surface area contributed by atoms with Gasteiger partial charge in [-0.1, -0.05) is 15.9 Å². The lowest BCUT2D eigenvalue weighted by molar-refractivity contribution is 0.0696. The second kappa shape index (κ2) is 6.94. The summed E-state index contributed by atoms with van der Waals surface area (Å²) in [4.78, 5) is 11.5. The third kappa shape index (κ3) is 2.83. The highest BCUT2D eigenvalue weighted by Gasteiger charge is 2.54. The van der Waals surface area contributed by atoms with E-state index in [1.165, 1.54) is 24.8 Å². The summed E-state index contributed by atoms with van der Waals surface area (Å²) >= 11 is 3.75. The Morgan fingerprint density at radius 1 is 1.07 bits per heavy atom. The van der Waals surface area contributed by atoms with Gasteiger partial charge in [0.25, 0.3) is 0 Å². The number of fused-ring (bicyclic) bond motifs is 7. The summed E-state index contributed by atoms with van der Waals surface area (Å²) in [6.45, 7) is 0. The van der Waals surface area contributed by atoms with Gasteiger partial charge in [-0.05, 0) is 84.4 Å². The third-order valence-corrected chi connectivity index (χ3v) is 7.86. The van der Waals surface area contributed by atoms with E-state index in [-0.39, 0.29) is 6.04 Å². The predicted molar refractivity (Wildman–Crippen MR) is 114 cm³/mol. The number of hydrogen-bond donors (Lipinski definition) is 2. The highest BCUT2D eigenvalue weighted by molar-refractivity contribution is 9.10. The fourth-order valence-electron chi connectivity index (χ4n) is 6.04. The molecule has 0 unspecified atom stereocenters. The van der Waals surface area contributed by atoms with Crippen LogP contribution < -0.4 is 14.8 Å². The van der Waals surface area contributed by atoms with Crippen molar-refractivity contribution in [2.75, 3.05) is 19.5 Å². The van der Waals surface area contributed by atoms with Gasteiger partial charge in [-0.3, -0.25) is 0 Å². The Morgan fingerprint density at radius 2 is 1.79 bits per heavy atom. The zero-order chi connectivity index (χ0) is 20.3. The number of aromatic carboxylic acids is 1. The van der Waals surface area contributed by atoms with Crippen molar-refractivity contribution in [3.63, 3.8) is 0 Å². The SMILES string of the molecule is COc1cc(Br)c([C@@H]2Nc3ccc(C(=O)O)cc3[C@H]3[C@H]4CC[C@@H](C4)[C@@H]32)cc1OC. The van der Waals surface area contributed by atoms with E-state index >= 15 is 0 Å². The molecule has 5 rings (SSSR count). The van der Waals surface area contributed by atoms with Crippen LogP contribution in [-0.2, 0) is 0 Å². The molecule has 29 heavy (non-hydrogen) atoms. The van der Waals surface area contributed by atoms with E-state index in [9.17, 15) is 9.90 Å². The van der Waals surface area contributed by atoms with E-state index in [2.05, 4.69) is 27.3 Å². The summed E-state index contributed by atoms with van der Waals surface area (Å²) in [6.07, 6.45) is 3.72. The van der Waals surface area contributed by atoms with Crippen molar-refractivity contribution in [3.8, 4) is 11.5 Å². The van der Waals surface area contributed by atoms with Crippen molar-refractivity contribution >= 4 is 27.6 Å². The summed E-state index contributed by atoms with van der Waals surface area (Å²) in [6, 6.07) is 9.71. The Hall–Kier alpha value is -2.21. The number of methoxy groups -OCH3 is 2. The number of nitrogens with one attached hydrogen (secondary N) is 1. The molecule has 2 aromatic carbocycles. The average molecular weight is 458 g/mol. The molecule has 2 saturated carbocycles. The number of ether oxygens (including phenoxy) is 2. The van der Waals surface area contributed by atoms with E-state index < -0.39 is 5.97 Å². The molecule has 2 aromatic rings. The highest BCUT2D eigenvalue weighted by Crippen LogP contribution is 2.64. The molecule has 1 aliphatic heterocycles. The summed E-state index contributed by atoms with van der Waals surface area (Å²) in [5.41, 5.74) is 3.77. The number of benzene rings is 2. The number of carboxylic acid groups (broad SMARTS) is 1.